The summed E-state index contributed by atoms with van der Waals surface area (Å²) in [5, 5.41) is 0. The summed E-state index contributed by atoms with van der Waals surface area (Å²) in [7, 11) is -1.51. The van der Waals surface area contributed by atoms with Gasteiger partial charge in [0.25, 0.3) is 10.0 Å². The van der Waals surface area contributed by atoms with Gasteiger partial charge in [0.2, 0.25) is 5.76 Å². The summed E-state index contributed by atoms with van der Waals surface area (Å²) in [5.74, 6) is -1.18. The number of methoxy groups -OCH3 is 2. The monoisotopic (exact) mass is 459 g/mol. The number of rotatable bonds is 8. The minimum absolute atomic E-state index is 0.00479. The summed E-state index contributed by atoms with van der Waals surface area (Å²) in [5.41, 5.74) is 1.34. The number of furan rings is 1. The van der Waals surface area contributed by atoms with Crippen molar-refractivity contribution in [2.75, 3.05) is 18.9 Å². The Morgan fingerprint density at radius 3 is 2.34 bits per heavy atom. The zero-order valence-corrected chi connectivity index (χ0v) is 18.4. The number of anilines is 1. The molecule has 0 bridgehead atoms. The predicted octanol–water partition coefficient (Wildman–Crippen LogP) is 3.54. The molecule has 1 aromatic heterocycles. The molecule has 0 amide bonds. The average molecular weight is 459 g/mol. The minimum atomic E-state index is -4.05. The molecular weight excluding hydrogens is 438 g/mol. The van der Waals surface area contributed by atoms with Gasteiger partial charge in [0.1, 0.15) is 23.0 Å². The second-order valence-corrected chi connectivity index (χ2v) is 8.32. The van der Waals surface area contributed by atoms with Gasteiger partial charge in [-0.05, 0) is 49.4 Å². The summed E-state index contributed by atoms with van der Waals surface area (Å²) in [6.07, 6.45) is 0. The third kappa shape index (κ3) is 5.27. The molecule has 0 fully saturated rings. The van der Waals surface area contributed by atoms with Gasteiger partial charge in [-0.3, -0.25) is 4.72 Å². The van der Waals surface area contributed by atoms with Crippen LogP contribution < -0.4 is 9.46 Å². The van der Waals surface area contributed by atoms with E-state index in [0.29, 0.717) is 5.69 Å². The Morgan fingerprint density at radius 1 is 0.969 bits per heavy atom. The Balaban J connectivity index is 1.78. The molecule has 3 aromatic rings. The van der Waals surface area contributed by atoms with Gasteiger partial charge in [0.15, 0.2) is 0 Å². The first kappa shape index (κ1) is 22.9. The van der Waals surface area contributed by atoms with Crippen LogP contribution in [0.4, 0.5) is 5.69 Å². The quantitative estimate of drug-likeness (QED) is 0.508. The van der Waals surface area contributed by atoms with Crippen LogP contribution in [0.3, 0.4) is 0 Å². The molecule has 0 aliphatic carbocycles. The first-order chi connectivity index (χ1) is 15.2. The molecule has 2 aromatic carbocycles. The van der Waals surface area contributed by atoms with Crippen molar-refractivity contribution in [3.05, 3.63) is 77.2 Å². The molecule has 0 saturated heterocycles. The van der Waals surface area contributed by atoms with Crippen LogP contribution >= 0.6 is 0 Å². The maximum atomic E-state index is 12.9. The lowest BCUT2D eigenvalue weighted by Gasteiger charge is -2.13. The predicted molar refractivity (Wildman–Crippen MR) is 114 cm³/mol. The smallest absolute Gasteiger partial charge is 0.373 e. The molecule has 32 heavy (non-hydrogen) atoms. The van der Waals surface area contributed by atoms with Gasteiger partial charge in [-0.1, -0.05) is 17.7 Å². The van der Waals surface area contributed by atoms with E-state index in [9.17, 15) is 18.0 Å². The van der Waals surface area contributed by atoms with Crippen molar-refractivity contribution in [3.63, 3.8) is 0 Å². The molecule has 0 spiro atoms. The molecule has 0 saturated carbocycles. The molecule has 10 heteroatoms. The van der Waals surface area contributed by atoms with Crippen LogP contribution in [-0.2, 0) is 26.1 Å². The summed E-state index contributed by atoms with van der Waals surface area (Å²) in [4.78, 5) is 23.7. The standard InChI is InChI=1S/C22H21NO8S/c1-14-4-7-16(8-5-14)23-32(26,27)20-12-15(6-10-18(20)28-2)21(24)30-13-17-9-11-19(31-17)22(25)29-3/h4-12,23H,13H2,1-3H3. The molecule has 1 heterocycles. The maximum Gasteiger partial charge on any atom is 0.373 e. The number of nitrogens with one attached hydrogen (secondary N) is 1. The number of aryl methyl sites for hydroxylation is 1. The Bertz CT molecular complexity index is 1230. The van der Waals surface area contributed by atoms with Crippen molar-refractivity contribution in [2.45, 2.75) is 18.4 Å². The lowest BCUT2D eigenvalue weighted by atomic mass is 10.2. The third-order valence-corrected chi connectivity index (χ3v) is 5.79. The van der Waals surface area contributed by atoms with Gasteiger partial charge in [-0.25, -0.2) is 18.0 Å². The fourth-order valence-electron chi connectivity index (χ4n) is 2.73. The van der Waals surface area contributed by atoms with Crippen molar-refractivity contribution in [1.29, 1.82) is 0 Å². The summed E-state index contributed by atoms with van der Waals surface area (Å²) < 4.78 is 48.4. The van der Waals surface area contributed by atoms with Gasteiger partial charge in [0.05, 0.1) is 19.8 Å². The van der Waals surface area contributed by atoms with Crippen LogP contribution in [0.5, 0.6) is 5.75 Å². The highest BCUT2D eigenvalue weighted by atomic mass is 32.2. The zero-order chi connectivity index (χ0) is 23.3. The van der Waals surface area contributed by atoms with Gasteiger partial charge in [-0.2, -0.15) is 0 Å². The highest BCUT2D eigenvalue weighted by Crippen LogP contribution is 2.27. The van der Waals surface area contributed by atoms with E-state index in [1.807, 2.05) is 6.92 Å². The Kier molecular flexibility index (Phi) is 6.84. The van der Waals surface area contributed by atoms with E-state index in [1.54, 1.807) is 24.3 Å². The summed E-state index contributed by atoms with van der Waals surface area (Å²) in [6.45, 7) is 1.63. The fourth-order valence-corrected chi connectivity index (χ4v) is 3.99. The van der Waals surface area contributed by atoms with Gasteiger partial charge >= 0.3 is 11.9 Å². The van der Waals surface area contributed by atoms with Crippen LogP contribution in [0.25, 0.3) is 0 Å². The number of carbonyl (C=O) groups is 2. The van der Waals surface area contributed by atoms with E-state index in [4.69, 9.17) is 13.9 Å². The average Bonchev–Trinajstić information content (AvgIpc) is 3.27. The van der Waals surface area contributed by atoms with Crippen LogP contribution in [0.15, 0.2) is 63.9 Å². The third-order valence-electron chi connectivity index (χ3n) is 4.39. The molecule has 0 atom stereocenters. The van der Waals surface area contributed by atoms with Gasteiger partial charge in [-0.15, -0.1) is 0 Å². The molecule has 3 rings (SSSR count). The number of sulfonamides is 1. The first-order valence-corrected chi connectivity index (χ1v) is 10.8. The van der Waals surface area contributed by atoms with Crippen molar-refractivity contribution in [2.24, 2.45) is 0 Å². The van der Waals surface area contributed by atoms with Crippen LogP contribution in [0, 0.1) is 6.92 Å². The summed E-state index contributed by atoms with van der Waals surface area (Å²) >= 11 is 0. The SMILES string of the molecule is COC(=O)c1ccc(COC(=O)c2ccc(OC)c(S(=O)(=O)Nc3ccc(C)cc3)c2)o1. The molecule has 9 nitrogen and oxygen atoms in total. The molecule has 1 N–H and O–H groups in total. The highest BCUT2D eigenvalue weighted by molar-refractivity contribution is 7.92. The van der Waals surface area contributed by atoms with Crippen LogP contribution in [0.2, 0.25) is 0 Å². The van der Waals surface area contributed by atoms with Gasteiger partial charge < -0.3 is 18.6 Å². The van der Waals surface area contributed by atoms with Crippen molar-refractivity contribution in [1.82, 2.24) is 0 Å². The minimum Gasteiger partial charge on any atom is -0.495 e. The second kappa shape index (κ2) is 9.56. The van der Waals surface area contributed by atoms with E-state index >= 15 is 0 Å². The Labute approximate surface area is 185 Å². The van der Waals surface area contributed by atoms with Crippen molar-refractivity contribution >= 4 is 27.6 Å². The fraction of sp³-hybridized carbons (Fsp3) is 0.182. The largest absolute Gasteiger partial charge is 0.495 e. The number of hydrogen-bond donors (Lipinski definition) is 1. The molecule has 0 aliphatic rings. The second-order valence-electron chi connectivity index (χ2n) is 6.67. The number of ether oxygens (including phenoxy) is 3. The number of hydrogen-bond acceptors (Lipinski definition) is 8. The van der Waals surface area contributed by atoms with Crippen LogP contribution in [-0.4, -0.2) is 34.6 Å². The molecule has 168 valence electrons. The lowest BCUT2D eigenvalue weighted by Crippen LogP contribution is -2.15. The lowest BCUT2D eigenvalue weighted by molar-refractivity contribution is 0.0438. The number of carbonyl (C=O) groups excluding carboxylic acids is 2. The van der Waals surface area contributed by atoms with Crippen molar-refractivity contribution < 1.29 is 36.6 Å². The number of esters is 2. The number of benzene rings is 2. The Hall–Kier alpha value is -3.79. The van der Waals surface area contributed by atoms with E-state index in [-0.39, 0.29) is 34.3 Å². The zero-order valence-electron chi connectivity index (χ0n) is 17.6. The topological polar surface area (TPSA) is 121 Å². The van der Waals surface area contributed by atoms with Crippen LogP contribution in [0.1, 0.15) is 32.2 Å². The maximum absolute atomic E-state index is 12.9. The molecule has 0 radical (unpaired) electrons. The first-order valence-electron chi connectivity index (χ1n) is 9.35. The normalized spacial score (nSPS) is 11.0. The Morgan fingerprint density at radius 2 is 1.69 bits per heavy atom. The summed E-state index contributed by atoms with van der Waals surface area (Å²) in [6, 6.07) is 13.6. The van der Waals surface area contributed by atoms with E-state index in [0.717, 1.165) is 5.56 Å². The van der Waals surface area contributed by atoms with E-state index in [1.165, 1.54) is 44.6 Å². The molecule has 0 aliphatic heterocycles. The van der Waals surface area contributed by atoms with E-state index < -0.39 is 22.0 Å². The van der Waals surface area contributed by atoms with Gasteiger partial charge in [0, 0.05) is 5.69 Å². The van der Waals surface area contributed by atoms with E-state index in [2.05, 4.69) is 9.46 Å². The molecule has 0 unspecified atom stereocenters. The highest BCUT2D eigenvalue weighted by Gasteiger charge is 2.23. The van der Waals surface area contributed by atoms with Crippen molar-refractivity contribution in [3.8, 4) is 5.75 Å². The molecular formula is C22H21NO8S.